The summed E-state index contributed by atoms with van der Waals surface area (Å²) in [7, 11) is 0. The van der Waals surface area contributed by atoms with Gasteiger partial charge in [0, 0.05) is 12.5 Å². The second kappa shape index (κ2) is 6.97. The van der Waals surface area contributed by atoms with E-state index in [4.69, 9.17) is 4.74 Å². The topological polar surface area (TPSA) is 58.6 Å². The maximum atomic E-state index is 12.9. The van der Waals surface area contributed by atoms with E-state index in [2.05, 4.69) is 5.32 Å². The zero-order valence-electron chi connectivity index (χ0n) is 14.7. The molecular formula is C20H22N2O3. The number of hydrogen-bond donors (Lipinski definition) is 1. The molecule has 0 aromatic heterocycles. The molecule has 5 heteroatoms. The van der Waals surface area contributed by atoms with Crippen LogP contribution in [0.4, 0.5) is 5.69 Å². The Morgan fingerprint density at radius 2 is 1.92 bits per heavy atom. The van der Waals surface area contributed by atoms with Crippen molar-refractivity contribution in [3.63, 3.8) is 0 Å². The fourth-order valence-electron chi connectivity index (χ4n) is 3.22. The number of nitrogens with one attached hydrogen (secondary N) is 1. The van der Waals surface area contributed by atoms with Crippen LogP contribution in [-0.4, -0.2) is 18.4 Å². The van der Waals surface area contributed by atoms with Gasteiger partial charge in [-0.1, -0.05) is 30.3 Å². The molecule has 5 nitrogen and oxygen atoms in total. The highest BCUT2D eigenvalue weighted by molar-refractivity contribution is 6.06. The molecule has 0 fully saturated rings. The first-order valence-corrected chi connectivity index (χ1v) is 8.41. The van der Waals surface area contributed by atoms with Crippen LogP contribution in [-0.2, 0) is 16.1 Å². The van der Waals surface area contributed by atoms with Crippen LogP contribution >= 0.6 is 0 Å². The molecule has 130 valence electrons. The van der Waals surface area contributed by atoms with Crippen molar-refractivity contribution >= 4 is 17.5 Å². The highest BCUT2D eigenvalue weighted by atomic mass is 16.5. The summed E-state index contributed by atoms with van der Waals surface area (Å²) in [6.07, 6.45) is 0. The van der Waals surface area contributed by atoms with Gasteiger partial charge in [0.1, 0.15) is 11.8 Å². The molecule has 0 saturated heterocycles. The summed E-state index contributed by atoms with van der Waals surface area (Å²) in [5, 5.41) is 2.77. The van der Waals surface area contributed by atoms with Crippen LogP contribution in [0, 0.1) is 6.92 Å². The minimum Gasteiger partial charge on any atom is -0.494 e. The van der Waals surface area contributed by atoms with Crippen molar-refractivity contribution in [3.05, 3.63) is 59.2 Å². The summed E-state index contributed by atoms with van der Waals surface area (Å²) in [5.41, 5.74) is 3.77. The first-order chi connectivity index (χ1) is 12.0. The zero-order valence-corrected chi connectivity index (χ0v) is 14.7. The molecule has 25 heavy (non-hydrogen) atoms. The average molecular weight is 338 g/mol. The van der Waals surface area contributed by atoms with Crippen LogP contribution in [0.25, 0.3) is 0 Å². The molecule has 0 saturated carbocycles. The predicted octanol–water partition coefficient (Wildman–Crippen LogP) is 3.12. The summed E-state index contributed by atoms with van der Waals surface area (Å²) in [5.74, 6) is 0.494. The van der Waals surface area contributed by atoms with Crippen molar-refractivity contribution in [2.75, 3.05) is 11.5 Å². The number of amides is 2. The van der Waals surface area contributed by atoms with Crippen LogP contribution < -0.4 is 15.0 Å². The quantitative estimate of drug-likeness (QED) is 0.911. The van der Waals surface area contributed by atoms with E-state index in [0.717, 1.165) is 28.1 Å². The Kier molecular flexibility index (Phi) is 4.74. The van der Waals surface area contributed by atoms with Gasteiger partial charge >= 0.3 is 0 Å². The van der Waals surface area contributed by atoms with Crippen molar-refractivity contribution < 1.29 is 14.3 Å². The van der Waals surface area contributed by atoms with Crippen LogP contribution in [0.15, 0.2) is 42.5 Å². The number of hydrogen-bond acceptors (Lipinski definition) is 3. The molecule has 2 amide bonds. The zero-order chi connectivity index (χ0) is 18.0. The molecule has 0 bridgehead atoms. The van der Waals surface area contributed by atoms with Crippen LogP contribution in [0.1, 0.15) is 36.6 Å². The summed E-state index contributed by atoms with van der Waals surface area (Å²) in [6, 6.07) is 12.9. The average Bonchev–Trinajstić information content (AvgIpc) is 2.83. The molecule has 1 aliphatic heterocycles. The monoisotopic (exact) mass is 338 g/mol. The molecule has 1 aliphatic rings. The minimum absolute atomic E-state index is 0.103. The van der Waals surface area contributed by atoms with Gasteiger partial charge in [-0.15, -0.1) is 0 Å². The van der Waals surface area contributed by atoms with Crippen LogP contribution in [0.5, 0.6) is 5.75 Å². The highest BCUT2D eigenvalue weighted by Gasteiger charge is 2.38. The molecular weight excluding hydrogens is 316 g/mol. The Hall–Kier alpha value is -2.82. The fourth-order valence-corrected chi connectivity index (χ4v) is 3.22. The molecule has 1 N–H and O–H groups in total. The lowest BCUT2D eigenvalue weighted by molar-refractivity contribution is -0.126. The molecule has 0 spiro atoms. The van der Waals surface area contributed by atoms with E-state index in [1.54, 1.807) is 4.90 Å². The number of para-hydroxylation sites is 1. The van der Waals surface area contributed by atoms with E-state index in [9.17, 15) is 9.59 Å². The molecule has 1 atom stereocenters. The number of carbonyl (C=O) groups is 2. The number of fused-ring (bicyclic) bond motifs is 1. The van der Waals surface area contributed by atoms with E-state index in [1.807, 2.05) is 56.3 Å². The lowest BCUT2D eigenvalue weighted by Crippen LogP contribution is -2.36. The Morgan fingerprint density at radius 1 is 1.20 bits per heavy atom. The smallest absolute Gasteiger partial charge is 0.254 e. The Morgan fingerprint density at radius 3 is 2.56 bits per heavy atom. The molecule has 1 heterocycles. The van der Waals surface area contributed by atoms with Gasteiger partial charge in [0.2, 0.25) is 5.91 Å². The first-order valence-electron chi connectivity index (χ1n) is 8.41. The molecule has 2 aromatic rings. The van der Waals surface area contributed by atoms with Crippen LogP contribution in [0.3, 0.4) is 0 Å². The molecule has 3 rings (SSSR count). The fraction of sp³-hybridized carbons (Fsp3) is 0.300. The van der Waals surface area contributed by atoms with Gasteiger partial charge in [-0.2, -0.15) is 0 Å². The van der Waals surface area contributed by atoms with Gasteiger partial charge in [-0.25, -0.2) is 0 Å². The van der Waals surface area contributed by atoms with Crippen molar-refractivity contribution in [2.24, 2.45) is 0 Å². The number of anilines is 1. The van der Waals surface area contributed by atoms with E-state index >= 15 is 0 Å². The molecule has 0 unspecified atom stereocenters. The second-order valence-electron chi connectivity index (χ2n) is 6.15. The number of aryl methyl sites for hydroxylation is 1. The Labute approximate surface area is 147 Å². The maximum Gasteiger partial charge on any atom is 0.254 e. The van der Waals surface area contributed by atoms with Gasteiger partial charge in [-0.3, -0.25) is 9.59 Å². The number of benzene rings is 2. The van der Waals surface area contributed by atoms with Crippen molar-refractivity contribution in [2.45, 2.75) is 33.4 Å². The third kappa shape index (κ3) is 3.36. The summed E-state index contributed by atoms with van der Waals surface area (Å²) < 4.78 is 5.46. The maximum absolute atomic E-state index is 12.9. The summed E-state index contributed by atoms with van der Waals surface area (Å²) >= 11 is 0. The predicted molar refractivity (Wildman–Crippen MR) is 96.5 cm³/mol. The van der Waals surface area contributed by atoms with E-state index < -0.39 is 6.04 Å². The van der Waals surface area contributed by atoms with Gasteiger partial charge in [0.25, 0.3) is 5.91 Å². The van der Waals surface area contributed by atoms with Crippen molar-refractivity contribution in [1.82, 2.24) is 5.32 Å². The van der Waals surface area contributed by atoms with Gasteiger partial charge in [-0.05, 0) is 37.1 Å². The number of ether oxygens (including phenoxy) is 1. The van der Waals surface area contributed by atoms with Gasteiger partial charge < -0.3 is 15.0 Å². The Balaban J connectivity index is 1.91. The summed E-state index contributed by atoms with van der Waals surface area (Å²) in [4.78, 5) is 26.2. The number of rotatable bonds is 5. The van der Waals surface area contributed by atoms with E-state index in [1.165, 1.54) is 6.92 Å². The third-order valence-electron chi connectivity index (χ3n) is 4.29. The molecule has 2 aromatic carbocycles. The number of nitrogens with zero attached hydrogens (tertiary/aromatic N) is 1. The van der Waals surface area contributed by atoms with Crippen LogP contribution in [0.2, 0.25) is 0 Å². The van der Waals surface area contributed by atoms with Gasteiger partial charge in [0.05, 0.1) is 18.8 Å². The SMILES string of the molecule is CCOc1ccc(CN2C(=O)[C@@H](NC(C)=O)c3cccc(C)c32)cc1. The second-order valence-corrected chi connectivity index (χ2v) is 6.15. The first kappa shape index (κ1) is 17.0. The molecule has 0 radical (unpaired) electrons. The molecule has 0 aliphatic carbocycles. The highest BCUT2D eigenvalue weighted by Crippen LogP contribution is 2.39. The lowest BCUT2D eigenvalue weighted by atomic mass is 10.1. The lowest BCUT2D eigenvalue weighted by Gasteiger charge is -2.20. The summed E-state index contributed by atoms with van der Waals surface area (Å²) in [6.45, 7) is 6.43. The van der Waals surface area contributed by atoms with Crippen molar-refractivity contribution in [1.29, 1.82) is 0 Å². The number of carbonyl (C=O) groups excluding carboxylic acids is 2. The van der Waals surface area contributed by atoms with Crippen molar-refractivity contribution in [3.8, 4) is 5.75 Å². The Bertz CT molecular complexity index is 799. The normalized spacial score (nSPS) is 15.9. The standard InChI is InChI=1S/C20H22N2O3/c1-4-25-16-10-8-15(9-11-16)12-22-19-13(2)6-5-7-17(19)18(20(22)24)21-14(3)23/h5-11,18H,4,12H2,1-3H3,(H,21,23)/t18-/m0/s1. The van der Waals surface area contributed by atoms with E-state index in [0.29, 0.717) is 13.2 Å². The third-order valence-corrected chi connectivity index (χ3v) is 4.29. The minimum atomic E-state index is -0.616. The van der Waals surface area contributed by atoms with E-state index in [-0.39, 0.29) is 11.8 Å². The van der Waals surface area contributed by atoms with Gasteiger partial charge in [0.15, 0.2) is 0 Å². The largest absolute Gasteiger partial charge is 0.494 e.